The number of hydrogen-bond donors (Lipinski definition) is 0. The predicted molar refractivity (Wildman–Crippen MR) is 28.3 cm³/mol. The smallest absolute Gasteiger partial charge is 0.0652 e. The van der Waals surface area contributed by atoms with E-state index in [0.29, 0.717) is 5.60 Å². The lowest BCUT2D eigenvalue weighted by Crippen LogP contribution is -2.02. The van der Waals surface area contributed by atoms with Crippen molar-refractivity contribution in [1.29, 1.82) is 0 Å². The van der Waals surface area contributed by atoms with Gasteiger partial charge in [0.1, 0.15) is 0 Å². The van der Waals surface area contributed by atoms with Crippen molar-refractivity contribution in [3.05, 3.63) is 0 Å². The standard InChI is InChI=1S/C5H10O.H2O/c1-5(6-2)3-4-5;/h3-4H2,1-2H3;1H2. The van der Waals surface area contributed by atoms with Crippen LogP contribution in [-0.4, -0.2) is 18.2 Å². The SMILES string of the molecule is COC1(C)CC1.O. The topological polar surface area (TPSA) is 40.7 Å². The fourth-order valence-corrected chi connectivity index (χ4v) is 0.380. The zero-order valence-electron chi connectivity index (χ0n) is 4.82. The summed E-state index contributed by atoms with van der Waals surface area (Å²) in [6.45, 7) is 2.13. The Hall–Kier alpha value is -0.0800. The van der Waals surface area contributed by atoms with Crippen LogP contribution in [0.5, 0.6) is 0 Å². The van der Waals surface area contributed by atoms with E-state index in [9.17, 15) is 0 Å². The van der Waals surface area contributed by atoms with E-state index in [2.05, 4.69) is 6.92 Å². The molecule has 1 aliphatic rings. The van der Waals surface area contributed by atoms with Crippen molar-refractivity contribution in [2.24, 2.45) is 0 Å². The molecule has 0 aliphatic heterocycles. The van der Waals surface area contributed by atoms with Crippen molar-refractivity contribution in [3.63, 3.8) is 0 Å². The zero-order valence-corrected chi connectivity index (χ0v) is 4.82. The maximum absolute atomic E-state index is 5.05. The van der Waals surface area contributed by atoms with Gasteiger partial charge in [0.05, 0.1) is 5.60 Å². The van der Waals surface area contributed by atoms with Gasteiger partial charge < -0.3 is 10.2 Å². The molecule has 7 heavy (non-hydrogen) atoms. The summed E-state index contributed by atoms with van der Waals surface area (Å²) in [5, 5.41) is 0. The van der Waals surface area contributed by atoms with Crippen molar-refractivity contribution in [1.82, 2.24) is 0 Å². The van der Waals surface area contributed by atoms with Crippen LogP contribution in [0.1, 0.15) is 19.8 Å². The zero-order chi connectivity index (χ0) is 4.62. The summed E-state index contributed by atoms with van der Waals surface area (Å²) in [6, 6.07) is 0. The van der Waals surface area contributed by atoms with E-state index in [-0.39, 0.29) is 5.48 Å². The molecule has 2 nitrogen and oxygen atoms in total. The first-order chi connectivity index (χ1) is 2.77. The van der Waals surface area contributed by atoms with Gasteiger partial charge in [0, 0.05) is 7.11 Å². The highest BCUT2D eigenvalue weighted by molar-refractivity contribution is 4.89. The fraction of sp³-hybridized carbons (Fsp3) is 1.00. The third-order valence-corrected chi connectivity index (χ3v) is 1.45. The number of rotatable bonds is 1. The van der Waals surface area contributed by atoms with Gasteiger partial charge in [-0.15, -0.1) is 0 Å². The Morgan fingerprint density at radius 3 is 1.86 bits per heavy atom. The van der Waals surface area contributed by atoms with Gasteiger partial charge in [-0.3, -0.25) is 0 Å². The summed E-state index contributed by atoms with van der Waals surface area (Å²) in [7, 11) is 1.77. The maximum atomic E-state index is 5.05. The van der Waals surface area contributed by atoms with Gasteiger partial charge in [-0.1, -0.05) is 0 Å². The second kappa shape index (κ2) is 1.80. The molecule has 1 aliphatic carbocycles. The normalized spacial score (nSPS) is 23.1. The van der Waals surface area contributed by atoms with Gasteiger partial charge in [-0.2, -0.15) is 0 Å². The minimum Gasteiger partial charge on any atom is -0.412 e. The largest absolute Gasteiger partial charge is 0.412 e. The fourth-order valence-electron chi connectivity index (χ4n) is 0.380. The quantitative estimate of drug-likeness (QED) is 0.473. The van der Waals surface area contributed by atoms with E-state index < -0.39 is 0 Å². The van der Waals surface area contributed by atoms with E-state index >= 15 is 0 Å². The molecule has 0 aromatic heterocycles. The van der Waals surface area contributed by atoms with E-state index in [4.69, 9.17) is 4.74 Å². The highest BCUT2D eigenvalue weighted by atomic mass is 16.5. The molecule has 1 saturated carbocycles. The van der Waals surface area contributed by atoms with Crippen LogP contribution in [-0.2, 0) is 4.74 Å². The molecule has 0 atom stereocenters. The first kappa shape index (κ1) is 6.92. The molecular formula is C5H12O2. The Morgan fingerprint density at radius 1 is 1.43 bits per heavy atom. The molecule has 0 saturated heterocycles. The first-order valence-corrected chi connectivity index (χ1v) is 2.32. The van der Waals surface area contributed by atoms with Crippen molar-refractivity contribution in [2.75, 3.05) is 7.11 Å². The molecule has 2 N–H and O–H groups in total. The summed E-state index contributed by atoms with van der Waals surface area (Å²) in [5.41, 5.74) is 0.292. The molecule has 0 aromatic carbocycles. The second-order valence-electron chi connectivity index (χ2n) is 2.15. The van der Waals surface area contributed by atoms with Gasteiger partial charge >= 0.3 is 0 Å². The Bertz CT molecular complexity index is 57.1. The Balaban J connectivity index is 0.000000360. The molecular weight excluding hydrogens is 92.1 g/mol. The summed E-state index contributed by atoms with van der Waals surface area (Å²) in [5.74, 6) is 0. The second-order valence-corrected chi connectivity index (χ2v) is 2.15. The molecule has 0 heterocycles. The van der Waals surface area contributed by atoms with Crippen LogP contribution in [0.15, 0.2) is 0 Å². The van der Waals surface area contributed by atoms with Gasteiger partial charge in [0.2, 0.25) is 0 Å². The van der Waals surface area contributed by atoms with Crippen molar-refractivity contribution in [2.45, 2.75) is 25.4 Å². The molecule has 0 spiro atoms. The van der Waals surface area contributed by atoms with Gasteiger partial charge in [0.15, 0.2) is 0 Å². The number of methoxy groups -OCH3 is 1. The van der Waals surface area contributed by atoms with Crippen molar-refractivity contribution >= 4 is 0 Å². The highest BCUT2D eigenvalue weighted by Gasteiger charge is 2.36. The predicted octanol–water partition coefficient (Wildman–Crippen LogP) is 0.361. The monoisotopic (exact) mass is 104 g/mol. The molecule has 0 aromatic rings. The summed E-state index contributed by atoms with van der Waals surface area (Å²) in [4.78, 5) is 0. The molecule has 0 unspecified atom stereocenters. The molecule has 44 valence electrons. The summed E-state index contributed by atoms with van der Waals surface area (Å²) < 4.78 is 5.05. The van der Waals surface area contributed by atoms with Crippen LogP contribution in [0.3, 0.4) is 0 Å². The highest BCUT2D eigenvalue weighted by Crippen LogP contribution is 2.37. The van der Waals surface area contributed by atoms with Crippen LogP contribution in [0.25, 0.3) is 0 Å². The van der Waals surface area contributed by atoms with Gasteiger partial charge in [-0.05, 0) is 19.8 Å². The van der Waals surface area contributed by atoms with Gasteiger partial charge in [-0.25, -0.2) is 0 Å². The molecule has 0 radical (unpaired) electrons. The molecule has 2 heteroatoms. The lowest BCUT2D eigenvalue weighted by molar-refractivity contribution is 0.0969. The van der Waals surface area contributed by atoms with Crippen molar-refractivity contribution < 1.29 is 10.2 Å². The van der Waals surface area contributed by atoms with Crippen LogP contribution < -0.4 is 0 Å². The molecule has 0 amide bonds. The number of hydrogen-bond acceptors (Lipinski definition) is 1. The number of ether oxygens (including phenoxy) is 1. The Kier molecular flexibility index (Phi) is 1.78. The van der Waals surface area contributed by atoms with Crippen LogP contribution in [0.2, 0.25) is 0 Å². The lowest BCUT2D eigenvalue weighted by atomic mass is 10.4. The third kappa shape index (κ3) is 1.45. The van der Waals surface area contributed by atoms with Crippen molar-refractivity contribution in [3.8, 4) is 0 Å². The first-order valence-electron chi connectivity index (χ1n) is 2.32. The molecule has 0 bridgehead atoms. The summed E-state index contributed by atoms with van der Waals surface area (Å²) in [6.07, 6.45) is 2.51. The van der Waals surface area contributed by atoms with Gasteiger partial charge in [0.25, 0.3) is 0 Å². The van der Waals surface area contributed by atoms with Crippen LogP contribution >= 0.6 is 0 Å². The Morgan fingerprint density at radius 2 is 1.86 bits per heavy atom. The minimum absolute atomic E-state index is 0. The average molecular weight is 104 g/mol. The Labute approximate surface area is 43.8 Å². The minimum atomic E-state index is 0. The van der Waals surface area contributed by atoms with E-state index in [1.807, 2.05) is 0 Å². The maximum Gasteiger partial charge on any atom is 0.0652 e. The van der Waals surface area contributed by atoms with Crippen LogP contribution in [0.4, 0.5) is 0 Å². The lowest BCUT2D eigenvalue weighted by Gasteiger charge is -2.00. The third-order valence-electron chi connectivity index (χ3n) is 1.45. The van der Waals surface area contributed by atoms with E-state index in [1.54, 1.807) is 7.11 Å². The molecule has 1 fully saturated rings. The van der Waals surface area contributed by atoms with Crippen LogP contribution in [0, 0.1) is 0 Å². The molecule has 1 rings (SSSR count). The van der Waals surface area contributed by atoms with E-state index in [0.717, 1.165) is 0 Å². The average Bonchev–Trinajstić information content (AvgIpc) is 2.22. The summed E-state index contributed by atoms with van der Waals surface area (Å²) >= 11 is 0. The van der Waals surface area contributed by atoms with E-state index in [1.165, 1.54) is 12.8 Å².